The number of hydrogen-bond acceptors (Lipinski definition) is 2. The molecule has 0 saturated carbocycles. The Labute approximate surface area is 138 Å². The molecule has 0 aromatic carbocycles. The average Bonchev–Trinajstić information content (AvgIpc) is 2.90. The second kappa shape index (κ2) is 6.99. The molecule has 1 N–H and O–H groups in total. The van der Waals surface area contributed by atoms with Gasteiger partial charge in [0.15, 0.2) is 5.69 Å². The molecule has 23 heavy (non-hydrogen) atoms. The molecule has 2 aromatic heterocycles. The summed E-state index contributed by atoms with van der Waals surface area (Å²) < 4.78 is 40.0. The summed E-state index contributed by atoms with van der Waals surface area (Å²) in [6, 6.07) is 3.23. The number of halogens is 4. The summed E-state index contributed by atoms with van der Waals surface area (Å²) in [5, 5.41) is 3.67. The van der Waals surface area contributed by atoms with Crippen molar-refractivity contribution < 1.29 is 13.2 Å². The molecule has 0 fully saturated rings. The smallest absolute Gasteiger partial charge is 0.368 e. The molecule has 3 nitrogen and oxygen atoms in total. The van der Waals surface area contributed by atoms with E-state index < -0.39 is 11.9 Å². The third-order valence-electron chi connectivity index (χ3n) is 4.05. The molecule has 2 heterocycles. The molecule has 0 bridgehead atoms. The summed E-state index contributed by atoms with van der Waals surface area (Å²) in [5.41, 5.74) is -0.733. The number of imidazole rings is 1. The van der Waals surface area contributed by atoms with E-state index >= 15 is 0 Å². The van der Waals surface area contributed by atoms with E-state index in [4.69, 9.17) is 11.6 Å². The molecule has 128 valence electrons. The highest BCUT2D eigenvalue weighted by molar-refractivity contribution is 6.31. The maximum Gasteiger partial charge on any atom is 0.434 e. The molecule has 2 atom stereocenters. The van der Waals surface area contributed by atoms with Crippen LogP contribution >= 0.6 is 11.6 Å². The fourth-order valence-electron chi connectivity index (χ4n) is 2.49. The Balaban J connectivity index is 2.37. The van der Waals surface area contributed by atoms with E-state index in [2.05, 4.69) is 31.1 Å². The molecule has 0 spiro atoms. The lowest BCUT2D eigenvalue weighted by atomic mass is 9.98. The Hall–Kier alpha value is -1.43. The molecule has 0 amide bonds. The van der Waals surface area contributed by atoms with Gasteiger partial charge in [0.25, 0.3) is 0 Å². The van der Waals surface area contributed by atoms with Crippen LogP contribution in [-0.4, -0.2) is 15.4 Å². The van der Waals surface area contributed by atoms with E-state index in [0.29, 0.717) is 16.8 Å². The fraction of sp³-hybridized carbons (Fsp3) is 0.562. The molecule has 7 heteroatoms. The lowest BCUT2D eigenvalue weighted by Gasteiger charge is -2.22. The van der Waals surface area contributed by atoms with E-state index in [1.54, 1.807) is 6.07 Å². The third-order valence-corrected chi connectivity index (χ3v) is 4.27. The molecule has 0 aliphatic heterocycles. The minimum absolute atomic E-state index is 0.170. The molecular weight excluding hydrogens is 327 g/mol. The van der Waals surface area contributed by atoms with Crippen molar-refractivity contribution in [1.29, 1.82) is 0 Å². The molecule has 2 unspecified atom stereocenters. The summed E-state index contributed by atoms with van der Waals surface area (Å²) in [6.45, 7) is 6.34. The molecule has 2 rings (SSSR count). The summed E-state index contributed by atoms with van der Waals surface area (Å²) in [5.74, 6) is 1.07. The second-order valence-electron chi connectivity index (χ2n) is 5.91. The summed E-state index contributed by atoms with van der Waals surface area (Å²) >= 11 is 6.03. The number of fused-ring (bicyclic) bond motifs is 1. The van der Waals surface area contributed by atoms with Crippen LogP contribution < -0.4 is 5.32 Å². The van der Waals surface area contributed by atoms with Crippen molar-refractivity contribution in [3.8, 4) is 0 Å². The summed E-state index contributed by atoms with van der Waals surface area (Å²) in [6.07, 6.45) is -0.589. The minimum Gasteiger partial charge on any atom is -0.368 e. The Morgan fingerprint density at radius 2 is 1.96 bits per heavy atom. The maximum absolute atomic E-state index is 12.9. The predicted molar refractivity (Wildman–Crippen MR) is 87.0 cm³/mol. The lowest BCUT2D eigenvalue weighted by molar-refractivity contribution is -0.140. The third kappa shape index (κ3) is 4.31. The maximum atomic E-state index is 12.9. The van der Waals surface area contributed by atoms with Gasteiger partial charge in [0.05, 0.1) is 0 Å². The minimum atomic E-state index is -4.48. The summed E-state index contributed by atoms with van der Waals surface area (Å²) in [4.78, 5) is 3.63. The zero-order valence-electron chi connectivity index (χ0n) is 13.4. The first kappa shape index (κ1) is 17.9. The van der Waals surface area contributed by atoms with Gasteiger partial charge in [-0.15, -0.1) is 0 Å². The van der Waals surface area contributed by atoms with E-state index in [1.165, 1.54) is 10.5 Å². The quantitative estimate of drug-likeness (QED) is 0.733. The van der Waals surface area contributed by atoms with Gasteiger partial charge in [0.1, 0.15) is 11.5 Å². The van der Waals surface area contributed by atoms with E-state index in [9.17, 15) is 13.2 Å². The van der Waals surface area contributed by atoms with Crippen LogP contribution in [0.4, 0.5) is 19.0 Å². The average molecular weight is 348 g/mol. The van der Waals surface area contributed by atoms with Crippen LogP contribution in [-0.2, 0) is 6.18 Å². The lowest BCUT2D eigenvalue weighted by Crippen LogP contribution is -2.22. The van der Waals surface area contributed by atoms with Crippen LogP contribution in [0.5, 0.6) is 0 Å². The first-order valence-electron chi connectivity index (χ1n) is 7.77. The first-order chi connectivity index (χ1) is 10.7. The van der Waals surface area contributed by atoms with Crippen molar-refractivity contribution >= 4 is 23.1 Å². The Bertz CT molecular complexity index is 666. The highest BCUT2D eigenvalue weighted by atomic mass is 35.5. The largest absolute Gasteiger partial charge is 0.434 e. The monoisotopic (exact) mass is 347 g/mol. The van der Waals surface area contributed by atoms with Crippen LogP contribution in [0, 0.1) is 5.92 Å². The van der Waals surface area contributed by atoms with Gasteiger partial charge in [-0.05, 0) is 24.8 Å². The van der Waals surface area contributed by atoms with Crippen molar-refractivity contribution in [3.05, 3.63) is 29.0 Å². The normalized spacial score (nSPS) is 14.9. The van der Waals surface area contributed by atoms with E-state index in [0.717, 1.165) is 25.5 Å². The number of hydrogen-bond donors (Lipinski definition) is 1. The number of pyridine rings is 1. The molecular formula is C16H21ClF3N3. The van der Waals surface area contributed by atoms with Gasteiger partial charge in [-0.3, -0.25) is 4.40 Å². The standard InChI is InChI=1S/C16H21ClF3N3/c1-4-10(3)6-12(5-2)21-14-7-11(17)8-15-22-13(9-23(14)15)16(18,19)20/h7-10,12,21H,4-6H2,1-3H3. The Morgan fingerprint density at radius 1 is 1.26 bits per heavy atom. The van der Waals surface area contributed by atoms with Crippen molar-refractivity contribution in [3.63, 3.8) is 0 Å². The van der Waals surface area contributed by atoms with Crippen LogP contribution in [0.2, 0.25) is 5.02 Å². The number of aromatic nitrogens is 2. The zero-order chi connectivity index (χ0) is 17.2. The van der Waals surface area contributed by atoms with Gasteiger partial charge in [0, 0.05) is 23.3 Å². The number of nitrogens with one attached hydrogen (secondary N) is 1. The highest BCUT2D eigenvalue weighted by Crippen LogP contribution is 2.31. The van der Waals surface area contributed by atoms with Crippen LogP contribution in [0.3, 0.4) is 0 Å². The molecule has 0 saturated heterocycles. The molecule has 2 aromatic rings. The number of alkyl halides is 3. The summed E-state index contributed by atoms with van der Waals surface area (Å²) in [7, 11) is 0. The van der Waals surface area contributed by atoms with Crippen LogP contribution in [0.25, 0.3) is 5.65 Å². The SMILES string of the molecule is CCC(C)CC(CC)Nc1cc(Cl)cc2nc(C(F)(F)F)cn12. The number of rotatable bonds is 6. The van der Waals surface area contributed by atoms with Gasteiger partial charge in [-0.2, -0.15) is 13.2 Å². The van der Waals surface area contributed by atoms with Crippen LogP contribution in [0.15, 0.2) is 18.3 Å². The van der Waals surface area contributed by atoms with Gasteiger partial charge >= 0.3 is 6.18 Å². The number of nitrogens with zero attached hydrogens (tertiary/aromatic N) is 2. The predicted octanol–water partition coefficient (Wildman–Crippen LogP) is 5.63. The van der Waals surface area contributed by atoms with E-state index in [1.807, 2.05) is 0 Å². The van der Waals surface area contributed by atoms with Gasteiger partial charge in [0.2, 0.25) is 0 Å². The number of anilines is 1. The van der Waals surface area contributed by atoms with Gasteiger partial charge < -0.3 is 5.32 Å². The Morgan fingerprint density at radius 3 is 2.52 bits per heavy atom. The second-order valence-corrected chi connectivity index (χ2v) is 6.35. The van der Waals surface area contributed by atoms with E-state index in [-0.39, 0.29) is 11.7 Å². The molecule has 0 radical (unpaired) electrons. The topological polar surface area (TPSA) is 29.3 Å². The Kier molecular flexibility index (Phi) is 5.45. The van der Waals surface area contributed by atoms with Crippen molar-refractivity contribution in [1.82, 2.24) is 9.38 Å². The van der Waals surface area contributed by atoms with Crippen molar-refractivity contribution in [2.45, 2.75) is 52.3 Å². The fourth-order valence-corrected chi connectivity index (χ4v) is 2.69. The molecule has 0 aliphatic carbocycles. The van der Waals surface area contributed by atoms with Gasteiger partial charge in [-0.1, -0.05) is 38.8 Å². The van der Waals surface area contributed by atoms with Crippen molar-refractivity contribution in [2.24, 2.45) is 5.92 Å². The van der Waals surface area contributed by atoms with Gasteiger partial charge in [-0.25, -0.2) is 4.98 Å². The first-order valence-corrected chi connectivity index (χ1v) is 8.14. The highest BCUT2D eigenvalue weighted by Gasteiger charge is 2.34. The molecule has 0 aliphatic rings. The van der Waals surface area contributed by atoms with Crippen molar-refractivity contribution in [2.75, 3.05) is 5.32 Å². The zero-order valence-corrected chi connectivity index (χ0v) is 14.2. The van der Waals surface area contributed by atoms with Crippen LogP contribution in [0.1, 0.15) is 45.7 Å².